The Balaban J connectivity index is 2.07. The Labute approximate surface area is 166 Å². The Morgan fingerprint density at radius 2 is 1.36 bits per heavy atom. The molecule has 0 bridgehead atoms. The van der Waals surface area contributed by atoms with Gasteiger partial charge in [0.05, 0.1) is 11.8 Å². The second kappa shape index (κ2) is 8.97. The molecule has 3 aromatic carbocycles. The zero-order valence-corrected chi connectivity index (χ0v) is 16.1. The fraction of sp³-hybridized carbons (Fsp3) is 0.154. The summed E-state index contributed by atoms with van der Waals surface area (Å²) in [4.78, 5) is 25.8. The smallest absolute Gasteiger partial charge is 0.174 e. The number of hydrogen-bond donors (Lipinski definition) is 0. The first-order valence-corrected chi connectivity index (χ1v) is 9.29. The first-order valence-electron chi connectivity index (χ1n) is 9.29. The van der Waals surface area contributed by atoms with Crippen LogP contribution in [0.3, 0.4) is 0 Å². The second-order valence-electron chi connectivity index (χ2n) is 6.84. The van der Waals surface area contributed by atoms with Crippen molar-refractivity contribution >= 4 is 11.6 Å². The van der Waals surface area contributed by atoms with E-state index in [1.807, 2.05) is 67.6 Å². The lowest BCUT2D eigenvalue weighted by Gasteiger charge is -2.20. The first kappa shape index (κ1) is 19.3. The highest BCUT2D eigenvalue weighted by Crippen LogP contribution is 2.29. The molecule has 3 rings (SSSR count). The third kappa shape index (κ3) is 4.64. The Morgan fingerprint density at radius 3 is 1.93 bits per heavy atom. The molecule has 0 radical (unpaired) electrons. The van der Waals surface area contributed by atoms with Crippen LogP contribution in [0.2, 0.25) is 0 Å². The lowest BCUT2D eigenvalue weighted by Crippen LogP contribution is -2.28. The molecule has 0 saturated carbocycles. The quantitative estimate of drug-likeness (QED) is 0.352. The molecule has 0 spiro atoms. The topological polar surface area (TPSA) is 34.1 Å². The maximum Gasteiger partial charge on any atom is 0.174 e. The van der Waals surface area contributed by atoms with E-state index in [4.69, 9.17) is 0 Å². The maximum absolute atomic E-state index is 13.2. The molecule has 2 nitrogen and oxygen atoms in total. The van der Waals surface area contributed by atoms with Crippen molar-refractivity contribution in [3.05, 3.63) is 107 Å². The molecular weight excluding hydrogens is 344 g/mol. The van der Waals surface area contributed by atoms with Crippen molar-refractivity contribution in [3.63, 3.8) is 0 Å². The molecule has 0 aromatic heterocycles. The van der Waals surface area contributed by atoms with Crippen LogP contribution in [-0.4, -0.2) is 11.6 Å². The van der Waals surface area contributed by atoms with E-state index < -0.39 is 11.8 Å². The van der Waals surface area contributed by atoms with Gasteiger partial charge >= 0.3 is 0 Å². The molecule has 3 aromatic rings. The molecule has 2 unspecified atom stereocenters. The van der Waals surface area contributed by atoms with Crippen LogP contribution in [0.25, 0.3) is 0 Å². The predicted octanol–water partition coefficient (Wildman–Crippen LogP) is 5.22. The third-order valence-electron chi connectivity index (χ3n) is 4.69. The van der Waals surface area contributed by atoms with Crippen LogP contribution in [0.1, 0.15) is 39.9 Å². The van der Waals surface area contributed by atoms with Crippen LogP contribution in [0.15, 0.2) is 84.9 Å². The van der Waals surface area contributed by atoms with Crippen LogP contribution in [-0.2, 0) is 4.79 Å². The summed E-state index contributed by atoms with van der Waals surface area (Å²) < 4.78 is 0. The van der Waals surface area contributed by atoms with Crippen LogP contribution in [0.5, 0.6) is 0 Å². The summed E-state index contributed by atoms with van der Waals surface area (Å²) in [6, 6.07) is 26.4. The van der Waals surface area contributed by atoms with Crippen molar-refractivity contribution in [1.29, 1.82) is 0 Å². The molecule has 0 aliphatic rings. The fourth-order valence-electron chi connectivity index (χ4n) is 3.17. The number of aryl methyl sites for hydroxylation is 1. The summed E-state index contributed by atoms with van der Waals surface area (Å²) in [5.41, 5.74) is 3.38. The summed E-state index contributed by atoms with van der Waals surface area (Å²) in [7, 11) is 0. The van der Waals surface area contributed by atoms with Crippen LogP contribution < -0.4 is 0 Å². The largest absolute Gasteiger partial charge is 0.299 e. The highest BCUT2D eigenvalue weighted by molar-refractivity contribution is 6.11. The molecule has 0 heterocycles. The molecule has 2 atom stereocenters. The highest BCUT2D eigenvalue weighted by Gasteiger charge is 2.33. The average molecular weight is 366 g/mol. The zero-order valence-electron chi connectivity index (χ0n) is 16.1. The summed E-state index contributed by atoms with van der Waals surface area (Å²) in [5, 5.41) is 0. The van der Waals surface area contributed by atoms with Gasteiger partial charge < -0.3 is 0 Å². The van der Waals surface area contributed by atoms with Gasteiger partial charge in [0.15, 0.2) is 5.78 Å². The van der Waals surface area contributed by atoms with Gasteiger partial charge in [0.1, 0.15) is 5.78 Å². The normalized spacial score (nSPS) is 12.4. The van der Waals surface area contributed by atoms with Gasteiger partial charge in [-0.1, -0.05) is 90.2 Å². The van der Waals surface area contributed by atoms with Crippen molar-refractivity contribution in [2.75, 3.05) is 0 Å². The second-order valence-corrected chi connectivity index (χ2v) is 6.84. The molecule has 28 heavy (non-hydrogen) atoms. The predicted molar refractivity (Wildman–Crippen MR) is 112 cm³/mol. The zero-order chi connectivity index (χ0) is 19.9. The van der Waals surface area contributed by atoms with E-state index in [1.165, 1.54) is 6.92 Å². The number of benzene rings is 3. The maximum atomic E-state index is 13.2. The van der Waals surface area contributed by atoms with Gasteiger partial charge in [-0.25, -0.2) is 0 Å². The van der Waals surface area contributed by atoms with Crippen LogP contribution in [0.4, 0.5) is 0 Å². The van der Waals surface area contributed by atoms with Crippen molar-refractivity contribution in [2.24, 2.45) is 5.92 Å². The highest BCUT2D eigenvalue weighted by atomic mass is 16.1. The van der Waals surface area contributed by atoms with Gasteiger partial charge in [-0.3, -0.25) is 9.59 Å². The van der Waals surface area contributed by atoms with E-state index in [-0.39, 0.29) is 11.6 Å². The van der Waals surface area contributed by atoms with Crippen molar-refractivity contribution in [2.45, 2.75) is 19.8 Å². The molecule has 0 amide bonds. The number of ketones is 2. The lowest BCUT2D eigenvalue weighted by molar-refractivity contribution is -0.119. The van der Waals surface area contributed by atoms with E-state index in [0.717, 1.165) is 16.7 Å². The Bertz CT molecular complexity index is 1010. The van der Waals surface area contributed by atoms with Gasteiger partial charge in [-0.05, 0) is 31.5 Å². The first-order chi connectivity index (χ1) is 13.6. The van der Waals surface area contributed by atoms with Crippen molar-refractivity contribution < 1.29 is 9.59 Å². The number of carbonyl (C=O) groups excluding carboxylic acids is 2. The molecule has 0 N–H and O–H groups in total. The van der Waals surface area contributed by atoms with Crippen molar-refractivity contribution in [1.82, 2.24) is 0 Å². The molecular formula is C26H22O2. The monoisotopic (exact) mass is 366 g/mol. The Hall–Kier alpha value is -3.44. The molecule has 0 fully saturated rings. The number of carbonyl (C=O) groups is 2. The van der Waals surface area contributed by atoms with Crippen molar-refractivity contribution in [3.8, 4) is 11.8 Å². The minimum absolute atomic E-state index is 0.179. The van der Waals surface area contributed by atoms with Crippen LogP contribution in [0, 0.1) is 24.7 Å². The van der Waals surface area contributed by atoms with Gasteiger partial charge in [0.2, 0.25) is 0 Å². The SMILES string of the molecule is CC(=O)C(C(=O)c1ccccc1)C(C#Cc1ccccc1)c1ccc(C)cc1. The average Bonchev–Trinajstić information content (AvgIpc) is 2.72. The van der Waals surface area contributed by atoms with E-state index in [1.54, 1.807) is 24.3 Å². The van der Waals surface area contributed by atoms with Gasteiger partial charge in [0, 0.05) is 11.1 Å². The van der Waals surface area contributed by atoms with Gasteiger partial charge in [-0.15, -0.1) is 0 Å². The van der Waals surface area contributed by atoms with E-state index in [0.29, 0.717) is 5.56 Å². The third-order valence-corrected chi connectivity index (χ3v) is 4.69. The number of rotatable bonds is 5. The molecule has 0 aliphatic heterocycles. The molecule has 138 valence electrons. The standard InChI is InChI=1S/C26H22O2/c1-19-13-16-22(17-14-19)24(18-15-21-9-5-3-6-10-21)25(20(2)27)26(28)23-11-7-4-8-12-23/h3-14,16-17,24-25H,1-2H3. The molecule has 2 heteroatoms. The fourth-order valence-corrected chi connectivity index (χ4v) is 3.17. The summed E-state index contributed by atoms with van der Waals surface area (Å²) in [5.74, 6) is 4.63. The molecule has 0 saturated heterocycles. The number of hydrogen-bond acceptors (Lipinski definition) is 2. The lowest BCUT2D eigenvalue weighted by atomic mass is 9.79. The Morgan fingerprint density at radius 1 is 0.786 bits per heavy atom. The minimum atomic E-state index is -0.846. The van der Waals surface area contributed by atoms with E-state index >= 15 is 0 Å². The van der Waals surface area contributed by atoms with E-state index in [9.17, 15) is 9.59 Å². The minimum Gasteiger partial charge on any atom is -0.299 e. The van der Waals surface area contributed by atoms with Crippen LogP contribution >= 0.6 is 0 Å². The molecule has 0 aliphatic carbocycles. The van der Waals surface area contributed by atoms with E-state index in [2.05, 4.69) is 11.8 Å². The number of Topliss-reactive ketones (excluding diaryl/α,β-unsaturated/α-hetero) is 2. The summed E-state index contributed by atoms with van der Waals surface area (Å²) in [6.45, 7) is 3.48. The summed E-state index contributed by atoms with van der Waals surface area (Å²) in [6.07, 6.45) is 0. The van der Waals surface area contributed by atoms with Gasteiger partial charge in [-0.2, -0.15) is 0 Å². The Kier molecular flexibility index (Phi) is 6.19. The summed E-state index contributed by atoms with van der Waals surface area (Å²) >= 11 is 0. The van der Waals surface area contributed by atoms with Gasteiger partial charge in [0.25, 0.3) is 0 Å².